The summed E-state index contributed by atoms with van der Waals surface area (Å²) in [6, 6.07) is 2.93. The van der Waals surface area contributed by atoms with E-state index in [1.807, 2.05) is 0 Å². The van der Waals surface area contributed by atoms with E-state index in [0.29, 0.717) is 10.6 Å². The number of H-pyrrole nitrogens is 1. The van der Waals surface area contributed by atoms with Crippen molar-refractivity contribution in [3.05, 3.63) is 39.7 Å². The van der Waals surface area contributed by atoms with E-state index in [9.17, 15) is 9.59 Å². The second-order valence-corrected chi connectivity index (χ2v) is 3.78. The predicted octanol–water partition coefficient (Wildman–Crippen LogP) is 1.37. The van der Waals surface area contributed by atoms with Crippen LogP contribution in [-0.4, -0.2) is 16.1 Å². The SMILES string of the molecule is C=C(Sc1ccc(=O)[nH]c1C)C(=O)O. The highest BCUT2D eigenvalue weighted by molar-refractivity contribution is 8.04. The summed E-state index contributed by atoms with van der Waals surface area (Å²) in [6.07, 6.45) is 0. The van der Waals surface area contributed by atoms with Gasteiger partial charge in [0.15, 0.2) is 0 Å². The van der Waals surface area contributed by atoms with Gasteiger partial charge in [0.05, 0.1) is 4.91 Å². The summed E-state index contributed by atoms with van der Waals surface area (Å²) >= 11 is 1.02. The molecule has 0 aliphatic rings. The van der Waals surface area contributed by atoms with Crippen LogP contribution in [0.5, 0.6) is 0 Å². The summed E-state index contributed by atoms with van der Waals surface area (Å²) in [7, 11) is 0. The predicted molar refractivity (Wildman–Crippen MR) is 54.4 cm³/mol. The van der Waals surface area contributed by atoms with Crippen LogP contribution in [0, 0.1) is 6.92 Å². The first-order chi connectivity index (χ1) is 6.50. The summed E-state index contributed by atoms with van der Waals surface area (Å²) in [5, 5.41) is 8.60. The highest BCUT2D eigenvalue weighted by Gasteiger charge is 2.08. The molecule has 0 unspecified atom stereocenters. The highest BCUT2D eigenvalue weighted by Crippen LogP contribution is 2.26. The third-order valence-electron chi connectivity index (χ3n) is 1.54. The molecule has 2 N–H and O–H groups in total. The molecular weight excluding hydrogens is 202 g/mol. The first-order valence-electron chi connectivity index (χ1n) is 3.80. The van der Waals surface area contributed by atoms with E-state index in [0.717, 1.165) is 11.8 Å². The lowest BCUT2D eigenvalue weighted by Crippen LogP contribution is -2.05. The van der Waals surface area contributed by atoms with Crippen molar-refractivity contribution in [1.82, 2.24) is 4.98 Å². The zero-order valence-corrected chi connectivity index (χ0v) is 8.35. The Bertz CT molecular complexity index is 436. The van der Waals surface area contributed by atoms with E-state index in [1.54, 1.807) is 13.0 Å². The van der Waals surface area contributed by atoms with Crippen molar-refractivity contribution in [3.8, 4) is 0 Å². The largest absolute Gasteiger partial charge is 0.477 e. The van der Waals surface area contributed by atoms with Crippen LogP contribution in [-0.2, 0) is 4.79 Å². The van der Waals surface area contributed by atoms with Crippen molar-refractivity contribution in [2.24, 2.45) is 0 Å². The lowest BCUT2D eigenvalue weighted by molar-refractivity contribution is -0.131. The second kappa shape index (κ2) is 4.15. The smallest absolute Gasteiger partial charge is 0.341 e. The first kappa shape index (κ1) is 10.6. The Morgan fingerprint density at radius 3 is 2.71 bits per heavy atom. The number of thioether (sulfide) groups is 1. The van der Waals surface area contributed by atoms with E-state index in [2.05, 4.69) is 11.6 Å². The Kier molecular flexibility index (Phi) is 3.14. The van der Waals surface area contributed by atoms with Crippen molar-refractivity contribution in [2.75, 3.05) is 0 Å². The topological polar surface area (TPSA) is 70.2 Å². The monoisotopic (exact) mass is 211 g/mol. The van der Waals surface area contributed by atoms with Gasteiger partial charge < -0.3 is 10.1 Å². The summed E-state index contributed by atoms with van der Waals surface area (Å²) in [6.45, 7) is 5.09. The zero-order valence-electron chi connectivity index (χ0n) is 7.53. The van der Waals surface area contributed by atoms with Crippen LogP contribution in [0.4, 0.5) is 0 Å². The quantitative estimate of drug-likeness (QED) is 0.585. The Morgan fingerprint density at radius 1 is 1.57 bits per heavy atom. The van der Waals surface area contributed by atoms with Crippen LogP contribution in [0.3, 0.4) is 0 Å². The van der Waals surface area contributed by atoms with Crippen LogP contribution in [0.15, 0.2) is 33.3 Å². The van der Waals surface area contributed by atoms with Crippen LogP contribution in [0.1, 0.15) is 5.69 Å². The summed E-state index contributed by atoms with van der Waals surface area (Å²) in [5.74, 6) is -1.06. The first-order valence-corrected chi connectivity index (χ1v) is 4.62. The number of aromatic nitrogens is 1. The molecule has 0 aromatic carbocycles. The minimum Gasteiger partial charge on any atom is -0.477 e. The summed E-state index contributed by atoms with van der Waals surface area (Å²) in [4.78, 5) is 24.6. The molecule has 0 bridgehead atoms. The Hall–Kier alpha value is -1.49. The number of aromatic amines is 1. The van der Waals surface area contributed by atoms with Crippen molar-refractivity contribution in [2.45, 2.75) is 11.8 Å². The van der Waals surface area contributed by atoms with E-state index in [-0.39, 0.29) is 10.5 Å². The van der Waals surface area contributed by atoms with Crippen LogP contribution >= 0.6 is 11.8 Å². The van der Waals surface area contributed by atoms with Gasteiger partial charge in [-0.2, -0.15) is 0 Å². The standard InChI is InChI=1S/C9H9NO3S/c1-5-7(3-4-8(11)10-5)14-6(2)9(12)13/h3-4H,2H2,1H3,(H,10,11)(H,12,13). The fourth-order valence-electron chi connectivity index (χ4n) is 0.851. The van der Waals surface area contributed by atoms with Gasteiger partial charge in [0.1, 0.15) is 0 Å². The fraction of sp³-hybridized carbons (Fsp3) is 0.111. The van der Waals surface area contributed by atoms with Gasteiger partial charge in [0.25, 0.3) is 0 Å². The molecule has 0 aliphatic carbocycles. The van der Waals surface area contributed by atoms with Gasteiger partial charge in [-0.25, -0.2) is 4.79 Å². The molecule has 14 heavy (non-hydrogen) atoms. The molecule has 1 rings (SSSR count). The Balaban J connectivity index is 2.93. The third-order valence-corrected chi connectivity index (χ3v) is 2.62. The molecule has 0 spiro atoms. The van der Waals surface area contributed by atoms with Crippen molar-refractivity contribution < 1.29 is 9.90 Å². The molecule has 4 nitrogen and oxygen atoms in total. The number of nitrogens with one attached hydrogen (secondary N) is 1. The lowest BCUT2D eigenvalue weighted by atomic mass is 10.4. The molecule has 1 aromatic heterocycles. The number of aliphatic carboxylic acids is 1. The molecule has 5 heteroatoms. The van der Waals surface area contributed by atoms with Gasteiger partial charge in [-0.3, -0.25) is 4.79 Å². The van der Waals surface area contributed by atoms with Crippen molar-refractivity contribution >= 4 is 17.7 Å². The van der Waals surface area contributed by atoms with Crippen LogP contribution < -0.4 is 5.56 Å². The Morgan fingerprint density at radius 2 is 2.21 bits per heavy atom. The maximum absolute atomic E-state index is 10.9. The maximum atomic E-state index is 10.9. The van der Waals surface area contributed by atoms with E-state index in [1.165, 1.54) is 6.07 Å². The Labute approximate surface area is 84.7 Å². The average Bonchev–Trinajstić information content (AvgIpc) is 2.09. The van der Waals surface area contributed by atoms with Crippen molar-refractivity contribution in [3.63, 3.8) is 0 Å². The molecule has 0 saturated carbocycles. The molecule has 0 atom stereocenters. The summed E-state index contributed by atoms with van der Waals surface area (Å²) in [5.41, 5.74) is 0.442. The van der Waals surface area contributed by atoms with Crippen LogP contribution in [0.2, 0.25) is 0 Å². The third kappa shape index (κ3) is 2.50. The van der Waals surface area contributed by atoms with Gasteiger partial charge in [-0.05, 0) is 13.0 Å². The van der Waals surface area contributed by atoms with Gasteiger partial charge in [0, 0.05) is 16.7 Å². The number of carboxylic acid groups (broad SMARTS) is 1. The molecular formula is C9H9NO3S. The van der Waals surface area contributed by atoms with Crippen molar-refractivity contribution in [1.29, 1.82) is 0 Å². The summed E-state index contributed by atoms with van der Waals surface area (Å²) < 4.78 is 0. The number of carbonyl (C=O) groups is 1. The molecule has 0 fully saturated rings. The average molecular weight is 211 g/mol. The molecule has 0 aliphatic heterocycles. The van der Waals surface area contributed by atoms with Crippen LogP contribution in [0.25, 0.3) is 0 Å². The van der Waals surface area contributed by atoms with Gasteiger partial charge in [-0.1, -0.05) is 18.3 Å². The minimum atomic E-state index is -1.06. The normalized spacial score (nSPS) is 9.79. The number of carboxylic acids is 1. The molecule has 0 amide bonds. The lowest BCUT2D eigenvalue weighted by Gasteiger charge is -2.03. The second-order valence-electron chi connectivity index (χ2n) is 2.64. The molecule has 0 radical (unpaired) electrons. The minimum absolute atomic E-state index is 0.0279. The number of rotatable bonds is 3. The number of aryl methyl sites for hydroxylation is 1. The number of hydrogen-bond donors (Lipinski definition) is 2. The van der Waals surface area contributed by atoms with Gasteiger partial charge in [0.2, 0.25) is 5.56 Å². The fourth-order valence-corrected chi connectivity index (χ4v) is 1.54. The van der Waals surface area contributed by atoms with Gasteiger partial charge >= 0.3 is 5.97 Å². The molecule has 1 heterocycles. The highest BCUT2D eigenvalue weighted by atomic mass is 32.2. The maximum Gasteiger partial charge on any atom is 0.341 e. The number of pyridine rings is 1. The van der Waals surface area contributed by atoms with Gasteiger partial charge in [-0.15, -0.1) is 0 Å². The van der Waals surface area contributed by atoms with E-state index >= 15 is 0 Å². The molecule has 1 aromatic rings. The molecule has 0 saturated heterocycles. The number of hydrogen-bond acceptors (Lipinski definition) is 3. The van der Waals surface area contributed by atoms with E-state index < -0.39 is 5.97 Å². The van der Waals surface area contributed by atoms with E-state index in [4.69, 9.17) is 5.11 Å². The molecule has 74 valence electrons. The zero-order chi connectivity index (χ0) is 10.7.